The minimum absolute atomic E-state index is 0.703. The van der Waals surface area contributed by atoms with E-state index in [9.17, 15) is 0 Å². The van der Waals surface area contributed by atoms with E-state index >= 15 is 0 Å². The molecule has 1 heterocycles. The molecule has 0 aromatic heterocycles. The number of hydrogen-bond donors (Lipinski definition) is 0. The fourth-order valence-electron chi connectivity index (χ4n) is 3.17. The van der Waals surface area contributed by atoms with E-state index in [1.807, 2.05) is 0 Å². The maximum absolute atomic E-state index is 5.65. The molecule has 3 rings (SSSR count). The Balaban J connectivity index is 1.76. The molecule has 2 aliphatic carbocycles. The van der Waals surface area contributed by atoms with Crippen LogP contribution in [0.4, 0.5) is 0 Å². The summed E-state index contributed by atoms with van der Waals surface area (Å²) in [7, 11) is 0. The Bertz CT molecular complexity index is 166. The highest BCUT2D eigenvalue weighted by Crippen LogP contribution is 2.49. The van der Waals surface area contributed by atoms with Crippen LogP contribution in [-0.4, -0.2) is 12.2 Å². The summed E-state index contributed by atoms with van der Waals surface area (Å²) in [6.07, 6.45) is 10.2. The van der Waals surface area contributed by atoms with E-state index < -0.39 is 0 Å². The number of hydrogen-bond acceptors (Lipinski definition) is 1. The van der Waals surface area contributed by atoms with Crippen LogP contribution in [0.2, 0.25) is 0 Å². The van der Waals surface area contributed by atoms with Crippen LogP contribution >= 0.6 is 0 Å². The van der Waals surface area contributed by atoms with E-state index in [4.69, 9.17) is 4.74 Å². The van der Waals surface area contributed by atoms with Gasteiger partial charge < -0.3 is 4.74 Å². The maximum atomic E-state index is 5.65. The van der Waals surface area contributed by atoms with Gasteiger partial charge in [-0.1, -0.05) is 19.3 Å². The fourth-order valence-corrected chi connectivity index (χ4v) is 3.17. The van der Waals surface area contributed by atoms with Crippen molar-refractivity contribution >= 4 is 0 Å². The first-order valence-electron chi connectivity index (χ1n) is 5.10. The van der Waals surface area contributed by atoms with E-state index in [0.717, 1.165) is 11.8 Å². The smallest absolute Gasteiger partial charge is 0.0872 e. The van der Waals surface area contributed by atoms with Gasteiger partial charge in [-0.25, -0.2) is 0 Å². The molecule has 0 aromatic carbocycles. The molecule has 3 fully saturated rings. The van der Waals surface area contributed by atoms with Gasteiger partial charge in [0.15, 0.2) is 0 Å². The van der Waals surface area contributed by atoms with Crippen LogP contribution < -0.4 is 0 Å². The Hall–Kier alpha value is -0.0400. The third-order valence-corrected chi connectivity index (χ3v) is 3.83. The standard InChI is InChI=1S/C10H16O/c1-2-4-8-7(3-1)5-6-9-10(8)11-9/h7-10H,1-6H2. The molecule has 1 saturated heterocycles. The van der Waals surface area contributed by atoms with Crippen molar-refractivity contribution in [1.29, 1.82) is 0 Å². The lowest BCUT2D eigenvalue weighted by molar-refractivity contribution is 0.177. The van der Waals surface area contributed by atoms with Crippen LogP contribution in [0.3, 0.4) is 0 Å². The average Bonchev–Trinajstić information content (AvgIpc) is 2.83. The summed E-state index contributed by atoms with van der Waals surface area (Å²) < 4.78 is 5.65. The van der Waals surface area contributed by atoms with E-state index in [0.29, 0.717) is 12.2 Å². The normalized spacial score (nSPS) is 54.5. The molecule has 0 radical (unpaired) electrons. The molecular weight excluding hydrogens is 136 g/mol. The van der Waals surface area contributed by atoms with Gasteiger partial charge in [0.1, 0.15) is 0 Å². The molecule has 1 heteroatoms. The minimum Gasteiger partial charge on any atom is -0.369 e. The lowest BCUT2D eigenvalue weighted by atomic mass is 9.71. The maximum Gasteiger partial charge on any atom is 0.0872 e. The summed E-state index contributed by atoms with van der Waals surface area (Å²) in [6, 6.07) is 0. The summed E-state index contributed by atoms with van der Waals surface area (Å²) >= 11 is 0. The Morgan fingerprint density at radius 2 is 1.82 bits per heavy atom. The number of rotatable bonds is 0. The Kier molecular flexibility index (Phi) is 1.31. The Labute approximate surface area is 68.1 Å². The third-order valence-electron chi connectivity index (χ3n) is 3.83. The molecule has 4 unspecified atom stereocenters. The first-order valence-corrected chi connectivity index (χ1v) is 5.10. The van der Waals surface area contributed by atoms with Crippen LogP contribution in [0.1, 0.15) is 38.5 Å². The predicted octanol–water partition coefficient (Wildman–Crippen LogP) is 2.35. The van der Waals surface area contributed by atoms with Gasteiger partial charge in [-0.05, 0) is 31.1 Å². The third kappa shape index (κ3) is 0.936. The SMILES string of the molecule is C1CCC2C(C1)CCC1OC12. The van der Waals surface area contributed by atoms with Crippen molar-refractivity contribution in [3.63, 3.8) is 0 Å². The second-order valence-corrected chi connectivity index (χ2v) is 4.42. The van der Waals surface area contributed by atoms with Crippen molar-refractivity contribution in [2.75, 3.05) is 0 Å². The largest absolute Gasteiger partial charge is 0.369 e. The van der Waals surface area contributed by atoms with Gasteiger partial charge in [-0.3, -0.25) is 0 Å². The highest BCUT2D eigenvalue weighted by Gasteiger charge is 2.51. The van der Waals surface area contributed by atoms with Crippen molar-refractivity contribution in [2.45, 2.75) is 50.7 Å². The molecule has 3 aliphatic rings. The van der Waals surface area contributed by atoms with Gasteiger partial charge in [-0.2, -0.15) is 0 Å². The van der Waals surface area contributed by atoms with Gasteiger partial charge in [0.2, 0.25) is 0 Å². The average molecular weight is 152 g/mol. The molecule has 0 aromatic rings. The Morgan fingerprint density at radius 1 is 0.909 bits per heavy atom. The molecule has 0 bridgehead atoms. The summed E-state index contributed by atoms with van der Waals surface area (Å²) in [5.74, 6) is 2.02. The first kappa shape index (κ1) is 6.47. The number of ether oxygens (including phenoxy) is 1. The van der Waals surface area contributed by atoms with E-state index in [1.165, 1.54) is 38.5 Å². The zero-order chi connectivity index (χ0) is 7.26. The van der Waals surface area contributed by atoms with E-state index in [2.05, 4.69) is 0 Å². The fraction of sp³-hybridized carbons (Fsp3) is 1.00. The number of epoxide rings is 1. The van der Waals surface area contributed by atoms with Crippen molar-refractivity contribution in [2.24, 2.45) is 11.8 Å². The van der Waals surface area contributed by atoms with Crippen LogP contribution in [0.25, 0.3) is 0 Å². The summed E-state index contributed by atoms with van der Waals surface area (Å²) in [6.45, 7) is 0. The molecule has 2 saturated carbocycles. The van der Waals surface area contributed by atoms with Crippen LogP contribution in [-0.2, 0) is 4.74 Å². The zero-order valence-corrected chi connectivity index (χ0v) is 6.96. The van der Waals surface area contributed by atoms with Crippen molar-refractivity contribution in [1.82, 2.24) is 0 Å². The lowest BCUT2D eigenvalue weighted by Gasteiger charge is -2.32. The predicted molar refractivity (Wildman–Crippen MR) is 43.3 cm³/mol. The van der Waals surface area contributed by atoms with E-state index in [1.54, 1.807) is 0 Å². The topological polar surface area (TPSA) is 12.5 Å². The quantitative estimate of drug-likeness (QED) is 0.485. The van der Waals surface area contributed by atoms with Gasteiger partial charge >= 0.3 is 0 Å². The zero-order valence-electron chi connectivity index (χ0n) is 6.96. The van der Waals surface area contributed by atoms with Crippen LogP contribution in [0.15, 0.2) is 0 Å². The van der Waals surface area contributed by atoms with Gasteiger partial charge in [0.25, 0.3) is 0 Å². The van der Waals surface area contributed by atoms with Crippen molar-refractivity contribution < 1.29 is 4.74 Å². The number of fused-ring (bicyclic) bond motifs is 3. The van der Waals surface area contributed by atoms with Crippen molar-refractivity contribution in [3.05, 3.63) is 0 Å². The lowest BCUT2D eigenvalue weighted by Crippen LogP contribution is -2.29. The molecule has 4 atom stereocenters. The molecule has 62 valence electrons. The minimum atomic E-state index is 0.703. The second kappa shape index (κ2) is 2.22. The van der Waals surface area contributed by atoms with Gasteiger partial charge in [0, 0.05) is 0 Å². The monoisotopic (exact) mass is 152 g/mol. The summed E-state index contributed by atoms with van der Waals surface area (Å²) in [5.41, 5.74) is 0. The molecule has 1 nitrogen and oxygen atoms in total. The van der Waals surface area contributed by atoms with Gasteiger partial charge in [0.05, 0.1) is 12.2 Å². The summed E-state index contributed by atoms with van der Waals surface area (Å²) in [4.78, 5) is 0. The Morgan fingerprint density at radius 3 is 2.82 bits per heavy atom. The molecule has 11 heavy (non-hydrogen) atoms. The molecule has 1 aliphatic heterocycles. The molecule has 0 spiro atoms. The summed E-state index contributed by atoms with van der Waals surface area (Å²) in [5, 5.41) is 0. The van der Waals surface area contributed by atoms with Crippen LogP contribution in [0.5, 0.6) is 0 Å². The van der Waals surface area contributed by atoms with E-state index in [-0.39, 0.29) is 0 Å². The molecule has 0 N–H and O–H groups in total. The van der Waals surface area contributed by atoms with Crippen molar-refractivity contribution in [3.8, 4) is 0 Å². The highest BCUT2D eigenvalue weighted by molar-refractivity contribution is 4.99. The molecule has 0 amide bonds. The van der Waals surface area contributed by atoms with Crippen LogP contribution in [0, 0.1) is 11.8 Å². The highest BCUT2D eigenvalue weighted by atomic mass is 16.6. The van der Waals surface area contributed by atoms with Gasteiger partial charge in [-0.15, -0.1) is 0 Å². The first-order chi connectivity index (χ1) is 5.45. The second-order valence-electron chi connectivity index (χ2n) is 4.42. The molecular formula is C10H16O.